The quantitative estimate of drug-likeness (QED) is 0.739. The first-order chi connectivity index (χ1) is 7.45. The van der Waals surface area contributed by atoms with Crippen molar-refractivity contribution in [1.82, 2.24) is 0 Å². The summed E-state index contributed by atoms with van der Waals surface area (Å²) in [6.45, 7) is 3.55. The molecule has 0 aliphatic heterocycles. The molecule has 4 heteroatoms. The monoisotopic (exact) mass is 226 g/mol. The molecular weight excluding hydrogens is 211 g/mol. The summed E-state index contributed by atoms with van der Waals surface area (Å²) >= 11 is 0. The van der Waals surface area contributed by atoms with Crippen LogP contribution in [0, 0.1) is 11.2 Å². The Morgan fingerprint density at radius 2 is 2.12 bits per heavy atom. The first kappa shape index (κ1) is 12.5. The predicted molar refractivity (Wildman–Crippen MR) is 57.7 cm³/mol. The summed E-state index contributed by atoms with van der Waals surface area (Å²) in [5, 5.41) is 0. The molecule has 0 aliphatic rings. The number of halogens is 1. The molecule has 1 aromatic carbocycles. The Bertz CT molecular complexity index is 374. The lowest BCUT2D eigenvalue weighted by atomic mass is 9.95. The molecule has 0 saturated carbocycles. The molecule has 88 valence electrons. The van der Waals surface area contributed by atoms with Gasteiger partial charge in [0.25, 0.3) is 0 Å². The molecular formula is C12H15FO3. The normalized spacial score (nSPS) is 11.0. The third-order valence-electron chi connectivity index (χ3n) is 2.13. The summed E-state index contributed by atoms with van der Waals surface area (Å²) in [7, 11) is 1.33. The summed E-state index contributed by atoms with van der Waals surface area (Å²) in [6.07, 6.45) is 0. The van der Waals surface area contributed by atoms with Gasteiger partial charge in [-0.05, 0) is 26.0 Å². The van der Waals surface area contributed by atoms with Crippen molar-refractivity contribution in [2.24, 2.45) is 5.41 Å². The Morgan fingerprint density at radius 3 is 2.69 bits per heavy atom. The number of esters is 1. The molecule has 0 aromatic heterocycles. The summed E-state index contributed by atoms with van der Waals surface area (Å²) in [6, 6.07) is 5.79. The Kier molecular flexibility index (Phi) is 3.88. The van der Waals surface area contributed by atoms with E-state index < -0.39 is 5.41 Å². The van der Waals surface area contributed by atoms with Gasteiger partial charge in [0.05, 0.1) is 12.5 Å². The molecule has 1 rings (SSSR count). The minimum Gasteiger partial charge on any atom is -0.492 e. The molecule has 0 atom stereocenters. The van der Waals surface area contributed by atoms with Gasteiger partial charge in [0, 0.05) is 6.07 Å². The molecule has 0 spiro atoms. The van der Waals surface area contributed by atoms with Crippen LogP contribution in [0.15, 0.2) is 24.3 Å². The van der Waals surface area contributed by atoms with Crippen LogP contribution in [0.4, 0.5) is 4.39 Å². The molecule has 0 aliphatic carbocycles. The highest BCUT2D eigenvalue weighted by molar-refractivity contribution is 5.75. The van der Waals surface area contributed by atoms with Crippen molar-refractivity contribution in [3.8, 4) is 5.75 Å². The highest BCUT2D eigenvalue weighted by Crippen LogP contribution is 2.20. The lowest BCUT2D eigenvalue weighted by molar-refractivity contribution is -0.152. The van der Waals surface area contributed by atoms with Gasteiger partial charge in [-0.1, -0.05) is 6.07 Å². The van der Waals surface area contributed by atoms with Gasteiger partial charge in [-0.3, -0.25) is 4.79 Å². The van der Waals surface area contributed by atoms with Crippen LogP contribution in [0.25, 0.3) is 0 Å². The van der Waals surface area contributed by atoms with Crippen LogP contribution in [0.5, 0.6) is 5.75 Å². The van der Waals surface area contributed by atoms with Gasteiger partial charge in [-0.15, -0.1) is 0 Å². The largest absolute Gasteiger partial charge is 0.492 e. The molecule has 0 bridgehead atoms. The Balaban J connectivity index is 2.61. The second-order valence-corrected chi connectivity index (χ2v) is 4.12. The topological polar surface area (TPSA) is 35.5 Å². The van der Waals surface area contributed by atoms with Crippen molar-refractivity contribution in [3.05, 3.63) is 30.1 Å². The Labute approximate surface area is 94.2 Å². The molecule has 0 amide bonds. The second-order valence-electron chi connectivity index (χ2n) is 4.12. The van der Waals surface area contributed by atoms with Crippen LogP contribution in [0.3, 0.4) is 0 Å². The van der Waals surface area contributed by atoms with E-state index in [1.807, 2.05) is 0 Å². The van der Waals surface area contributed by atoms with Gasteiger partial charge in [0.15, 0.2) is 0 Å². The fourth-order valence-corrected chi connectivity index (χ4v) is 1.16. The molecule has 0 heterocycles. The van der Waals surface area contributed by atoms with Crippen LogP contribution in [-0.4, -0.2) is 19.7 Å². The van der Waals surface area contributed by atoms with E-state index in [0.29, 0.717) is 5.75 Å². The summed E-state index contributed by atoms with van der Waals surface area (Å²) in [5.74, 6) is -0.325. The number of hydrogen-bond donors (Lipinski definition) is 0. The fraction of sp³-hybridized carbons (Fsp3) is 0.417. The zero-order chi connectivity index (χ0) is 12.2. The van der Waals surface area contributed by atoms with E-state index in [-0.39, 0.29) is 18.4 Å². The first-order valence-electron chi connectivity index (χ1n) is 4.92. The minimum absolute atomic E-state index is 0.142. The average Bonchev–Trinajstić information content (AvgIpc) is 2.25. The van der Waals surface area contributed by atoms with Crippen molar-refractivity contribution in [2.75, 3.05) is 13.7 Å². The van der Waals surface area contributed by atoms with E-state index in [2.05, 4.69) is 4.74 Å². The third kappa shape index (κ3) is 3.22. The van der Waals surface area contributed by atoms with E-state index in [1.54, 1.807) is 26.0 Å². The third-order valence-corrected chi connectivity index (χ3v) is 2.13. The van der Waals surface area contributed by atoms with Gasteiger partial charge < -0.3 is 9.47 Å². The van der Waals surface area contributed by atoms with Crippen molar-refractivity contribution < 1.29 is 18.7 Å². The number of carbonyl (C=O) groups is 1. The van der Waals surface area contributed by atoms with Crippen LogP contribution in [0.2, 0.25) is 0 Å². The predicted octanol–water partition coefficient (Wildman–Crippen LogP) is 2.40. The number of benzene rings is 1. The second kappa shape index (κ2) is 4.96. The molecule has 0 saturated heterocycles. The Morgan fingerprint density at radius 1 is 1.44 bits per heavy atom. The van der Waals surface area contributed by atoms with Gasteiger partial charge in [0.2, 0.25) is 0 Å². The number of carbonyl (C=O) groups excluding carboxylic acids is 1. The van der Waals surface area contributed by atoms with E-state index in [4.69, 9.17) is 4.74 Å². The van der Waals surface area contributed by atoms with Crippen molar-refractivity contribution in [1.29, 1.82) is 0 Å². The van der Waals surface area contributed by atoms with Crippen molar-refractivity contribution >= 4 is 5.97 Å². The molecule has 0 unspecified atom stereocenters. The molecule has 0 fully saturated rings. The highest BCUT2D eigenvalue weighted by atomic mass is 19.1. The van der Waals surface area contributed by atoms with Crippen LogP contribution in [0.1, 0.15) is 13.8 Å². The maximum Gasteiger partial charge on any atom is 0.314 e. The maximum absolute atomic E-state index is 12.8. The van der Waals surface area contributed by atoms with Gasteiger partial charge in [-0.25, -0.2) is 4.39 Å². The SMILES string of the molecule is COC(=O)C(C)(C)COc1cccc(F)c1. The van der Waals surface area contributed by atoms with Crippen molar-refractivity contribution in [2.45, 2.75) is 13.8 Å². The zero-order valence-corrected chi connectivity index (χ0v) is 9.62. The van der Waals surface area contributed by atoms with Crippen LogP contribution in [-0.2, 0) is 9.53 Å². The van der Waals surface area contributed by atoms with Crippen LogP contribution < -0.4 is 4.74 Å². The van der Waals surface area contributed by atoms with Gasteiger partial charge in [0.1, 0.15) is 18.2 Å². The molecule has 3 nitrogen and oxygen atoms in total. The lowest BCUT2D eigenvalue weighted by Crippen LogP contribution is -2.32. The van der Waals surface area contributed by atoms with Gasteiger partial charge >= 0.3 is 5.97 Å². The van der Waals surface area contributed by atoms with E-state index in [9.17, 15) is 9.18 Å². The lowest BCUT2D eigenvalue weighted by Gasteiger charge is -2.21. The number of hydrogen-bond acceptors (Lipinski definition) is 3. The fourth-order valence-electron chi connectivity index (χ4n) is 1.16. The summed E-state index contributed by atoms with van der Waals surface area (Å²) in [4.78, 5) is 11.3. The highest BCUT2D eigenvalue weighted by Gasteiger charge is 2.29. The Hall–Kier alpha value is -1.58. The van der Waals surface area contributed by atoms with E-state index in [0.717, 1.165) is 0 Å². The number of ether oxygens (including phenoxy) is 2. The molecule has 1 aromatic rings. The van der Waals surface area contributed by atoms with E-state index in [1.165, 1.54) is 19.2 Å². The van der Waals surface area contributed by atoms with Gasteiger partial charge in [-0.2, -0.15) is 0 Å². The smallest absolute Gasteiger partial charge is 0.314 e. The first-order valence-corrected chi connectivity index (χ1v) is 4.92. The minimum atomic E-state index is -0.749. The van der Waals surface area contributed by atoms with Crippen LogP contribution >= 0.6 is 0 Å². The average molecular weight is 226 g/mol. The standard InChI is InChI=1S/C12H15FO3/c1-12(2,11(14)15-3)8-16-10-6-4-5-9(13)7-10/h4-7H,8H2,1-3H3. The molecule has 0 N–H and O–H groups in total. The van der Waals surface area contributed by atoms with Crippen molar-refractivity contribution in [3.63, 3.8) is 0 Å². The van der Waals surface area contributed by atoms with E-state index >= 15 is 0 Å². The summed E-state index contributed by atoms with van der Waals surface area (Å²) in [5.41, 5.74) is -0.749. The number of rotatable bonds is 4. The molecule has 16 heavy (non-hydrogen) atoms. The molecule has 0 radical (unpaired) electrons. The number of methoxy groups -OCH3 is 1. The summed E-state index contributed by atoms with van der Waals surface area (Å²) < 4.78 is 22.8. The maximum atomic E-state index is 12.8. The zero-order valence-electron chi connectivity index (χ0n) is 9.62.